The summed E-state index contributed by atoms with van der Waals surface area (Å²) in [6.07, 6.45) is 16.5. The highest BCUT2D eigenvalue weighted by molar-refractivity contribution is 5.85. The summed E-state index contributed by atoms with van der Waals surface area (Å²) in [6, 6.07) is 16.3. The van der Waals surface area contributed by atoms with Crippen molar-refractivity contribution in [2.24, 2.45) is 0 Å². The number of aryl methyl sites for hydroxylation is 2. The summed E-state index contributed by atoms with van der Waals surface area (Å²) in [5.74, 6) is 0.151. The maximum absolute atomic E-state index is 13.5. The first-order valence-electron chi connectivity index (χ1n) is 13.4. The largest absolute Gasteiger partial charge is 0.424 e. The third-order valence-electron chi connectivity index (χ3n) is 7.38. The van der Waals surface area contributed by atoms with Crippen molar-refractivity contribution in [1.29, 1.82) is 5.26 Å². The Morgan fingerprint density at radius 1 is 0.912 bits per heavy atom. The van der Waals surface area contributed by atoms with Gasteiger partial charge in [0.05, 0.1) is 11.0 Å². The summed E-state index contributed by atoms with van der Waals surface area (Å²) in [6.45, 7) is 4.20. The van der Waals surface area contributed by atoms with E-state index in [1.807, 2.05) is 13.0 Å². The number of nitriles is 1. The second-order valence-corrected chi connectivity index (χ2v) is 10.1. The molecule has 34 heavy (non-hydrogen) atoms. The number of carbonyl (C=O) groups is 1. The third-order valence-corrected chi connectivity index (χ3v) is 7.38. The molecule has 0 saturated heterocycles. The van der Waals surface area contributed by atoms with Gasteiger partial charge in [-0.3, -0.25) is 4.79 Å². The molecule has 0 N–H and O–H groups in total. The van der Waals surface area contributed by atoms with Gasteiger partial charge in [0, 0.05) is 0 Å². The van der Waals surface area contributed by atoms with Gasteiger partial charge in [-0.1, -0.05) is 101 Å². The number of esters is 1. The molecule has 1 fully saturated rings. The molecule has 0 atom stereocenters. The van der Waals surface area contributed by atoms with Crippen molar-refractivity contribution in [2.45, 2.75) is 109 Å². The minimum atomic E-state index is -0.618. The molecule has 1 aliphatic rings. The molecule has 3 rings (SSSR count). The molecule has 0 heterocycles. The Hall–Kier alpha value is -2.60. The molecule has 0 aliphatic heterocycles. The zero-order valence-electron chi connectivity index (χ0n) is 21.2. The van der Waals surface area contributed by atoms with Gasteiger partial charge in [-0.15, -0.1) is 0 Å². The van der Waals surface area contributed by atoms with Crippen LogP contribution in [0.5, 0.6) is 5.75 Å². The van der Waals surface area contributed by atoms with Crippen LogP contribution in [0.3, 0.4) is 0 Å². The molecular weight excluding hydrogens is 418 g/mol. The first kappa shape index (κ1) is 26.0. The lowest BCUT2D eigenvalue weighted by atomic mass is 9.69. The molecule has 2 aromatic carbocycles. The average Bonchev–Trinajstić information content (AvgIpc) is 2.87. The smallest absolute Gasteiger partial charge is 0.321 e. The van der Waals surface area contributed by atoms with E-state index in [1.54, 1.807) is 12.1 Å². The van der Waals surface area contributed by atoms with E-state index in [1.165, 1.54) is 56.9 Å². The molecule has 0 radical (unpaired) electrons. The summed E-state index contributed by atoms with van der Waals surface area (Å²) in [5, 5.41) is 9.49. The third kappa shape index (κ3) is 6.95. The van der Waals surface area contributed by atoms with E-state index in [0.717, 1.165) is 49.7 Å². The highest BCUT2D eigenvalue weighted by atomic mass is 16.5. The van der Waals surface area contributed by atoms with E-state index in [0.29, 0.717) is 11.3 Å². The molecule has 0 amide bonds. The Morgan fingerprint density at radius 3 is 2.21 bits per heavy atom. The average molecular weight is 460 g/mol. The van der Waals surface area contributed by atoms with Crippen molar-refractivity contribution >= 4 is 5.97 Å². The van der Waals surface area contributed by atoms with Crippen molar-refractivity contribution in [3.63, 3.8) is 0 Å². The minimum absolute atomic E-state index is 0.219. The fourth-order valence-corrected chi connectivity index (χ4v) is 5.24. The lowest BCUT2D eigenvalue weighted by molar-refractivity contribution is -0.142. The summed E-state index contributed by atoms with van der Waals surface area (Å²) < 4.78 is 5.88. The molecule has 3 heteroatoms. The van der Waals surface area contributed by atoms with E-state index in [2.05, 4.69) is 37.3 Å². The van der Waals surface area contributed by atoms with Crippen LogP contribution in [0.1, 0.15) is 113 Å². The standard InChI is InChI=1S/C31H41NO2/c1-3-4-5-6-7-8-9-11-14-26-16-18-28(19-17-26)31(21-12-10-13-22-31)30(33)34-29-20-15-25(2)23-27(29)24-32/h15-20,23H,3-14,21-22H2,1-2H3. The molecule has 0 bridgehead atoms. The second-order valence-electron chi connectivity index (χ2n) is 10.1. The fourth-order valence-electron chi connectivity index (χ4n) is 5.24. The number of carbonyl (C=O) groups excluding carboxylic acids is 1. The van der Waals surface area contributed by atoms with E-state index in [9.17, 15) is 10.1 Å². The Labute approximate surface area is 206 Å². The zero-order chi connectivity index (χ0) is 24.2. The molecular formula is C31H41NO2. The summed E-state index contributed by atoms with van der Waals surface area (Å²) in [7, 11) is 0. The van der Waals surface area contributed by atoms with Crippen molar-refractivity contribution in [2.75, 3.05) is 0 Å². The predicted octanol–water partition coefficient (Wildman–Crippen LogP) is 8.36. The van der Waals surface area contributed by atoms with Gasteiger partial charge < -0.3 is 4.74 Å². The van der Waals surface area contributed by atoms with Crippen molar-refractivity contribution in [1.82, 2.24) is 0 Å². The van der Waals surface area contributed by atoms with Gasteiger partial charge in [0.25, 0.3) is 0 Å². The molecule has 3 nitrogen and oxygen atoms in total. The molecule has 0 spiro atoms. The summed E-state index contributed by atoms with van der Waals surface area (Å²) in [4.78, 5) is 13.5. The lowest BCUT2D eigenvalue weighted by Crippen LogP contribution is -2.41. The molecule has 1 saturated carbocycles. The maximum atomic E-state index is 13.5. The van der Waals surface area contributed by atoms with E-state index in [4.69, 9.17) is 4.74 Å². The number of unbranched alkanes of at least 4 members (excludes halogenated alkanes) is 7. The van der Waals surface area contributed by atoms with Crippen LogP contribution in [-0.4, -0.2) is 5.97 Å². The molecule has 1 aliphatic carbocycles. The van der Waals surface area contributed by atoms with Gasteiger partial charge in [-0.25, -0.2) is 0 Å². The molecule has 2 aromatic rings. The van der Waals surface area contributed by atoms with Crippen molar-refractivity contribution < 1.29 is 9.53 Å². The molecule has 182 valence electrons. The monoisotopic (exact) mass is 459 g/mol. The topological polar surface area (TPSA) is 50.1 Å². The van der Waals surface area contributed by atoms with Crippen LogP contribution in [0, 0.1) is 18.3 Å². The number of benzene rings is 2. The highest BCUT2D eigenvalue weighted by Crippen LogP contribution is 2.41. The van der Waals surface area contributed by atoms with Crippen molar-refractivity contribution in [3.05, 3.63) is 64.7 Å². The SMILES string of the molecule is CCCCCCCCCCc1ccc(C2(C(=O)Oc3ccc(C)cc3C#N)CCCCC2)cc1. The number of rotatable bonds is 12. The maximum Gasteiger partial charge on any atom is 0.321 e. The quantitative estimate of drug-likeness (QED) is 0.182. The zero-order valence-corrected chi connectivity index (χ0v) is 21.2. The van der Waals surface area contributed by atoms with Gasteiger partial charge in [-0.05, 0) is 61.4 Å². The van der Waals surface area contributed by atoms with E-state index < -0.39 is 5.41 Å². The van der Waals surface area contributed by atoms with Crippen LogP contribution in [0.2, 0.25) is 0 Å². The Balaban J connectivity index is 1.62. The number of nitrogens with zero attached hydrogens (tertiary/aromatic N) is 1. The van der Waals surface area contributed by atoms with Gasteiger partial charge in [-0.2, -0.15) is 5.26 Å². The molecule has 0 unspecified atom stereocenters. The van der Waals surface area contributed by atoms with E-state index >= 15 is 0 Å². The van der Waals surface area contributed by atoms with Gasteiger partial charge in [0.1, 0.15) is 11.8 Å². The minimum Gasteiger partial charge on any atom is -0.424 e. The van der Waals surface area contributed by atoms with Crippen molar-refractivity contribution in [3.8, 4) is 11.8 Å². The Bertz CT molecular complexity index is 948. The Morgan fingerprint density at radius 2 is 1.56 bits per heavy atom. The summed E-state index contributed by atoms with van der Waals surface area (Å²) in [5.41, 5.74) is 3.19. The normalized spacial score (nSPS) is 15.0. The second kappa shape index (κ2) is 13.3. The van der Waals surface area contributed by atoms with Crippen LogP contribution in [0.4, 0.5) is 0 Å². The van der Waals surface area contributed by atoms with Crippen LogP contribution >= 0.6 is 0 Å². The van der Waals surface area contributed by atoms with Crippen LogP contribution in [-0.2, 0) is 16.6 Å². The first-order valence-corrected chi connectivity index (χ1v) is 13.4. The highest BCUT2D eigenvalue weighted by Gasteiger charge is 2.43. The van der Waals surface area contributed by atoms with Crippen LogP contribution in [0.15, 0.2) is 42.5 Å². The van der Waals surface area contributed by atoms with Crippen LogP contribution in [0.25, 0.3) is 0 Å². The first-order chi connectivity index (χ1) is 16.6. The number of ether oxygens (including phenoxy) is 1. The molecule has 0 aromatic heterocycles. The number of hydrogen-bond acceptors (Lipinski definition) is 3. The van der Waals surface area contributed by atoms with Crippen LogP contribution < -0.4 is 4.74 Å². The van der Waals surface area contributed by atoms with Gasteiger partial charge in [0.2, 0.25) is 0 Å². The van der Waals surface area contributed by atoms with Gasteiger partial charge in [0.15, 0.2) is 0 Å². The lowest BCUT2D eigenvalue weighted by Gasteiger charge is -2.35. The van der Waals surface area contributed by atoms with E-state index in [-0.39, 0.29) is 5.97 Å². The fraction of sp³-hybridized carbons (Fsp3) is 0.548. The Kier molecular flexibility index (Phi) is 10.2. The number of hydrogen-bond donors (Lipinski definition) is 0. The summed E-state index contributed by atoms with van der Waals surface area (Å²) >= 11 is 0. The predicted molar refractivity (Wildman–Crippen MR) is 139 cm³/mol. The van der Waals surface area contributed by atoms with Gasteiger partial charge >= 0.3 is 5.97 Å².